The molecule has 2 saturated heterocycles. The van der Waals surface area contributed by atoms with Crippen LogP contribution in [-0.4, -0.2) is 42.3 Å². The fourth-order valence-electron chi connectivity index (χ4n) is 3.60. The number of amidine groups is 1. The molecule has 2 aliphatic heterocycles. The summed E-state index contributed by atoms with van der Waals surface area (Å²) in [6.45, 7) is 1.94. The van der Waals surface area contributed by atoms with Crippen molar-refractivity contribution in [2.75, 3.05) is 16.4 Å². The Morgan fingerprint density at radius 1 is 1.21 bits per heavy atom. The number of aliphatic imine (C=N–C) groups is 1. The van der Waals surface area contributed by atoms with Gasteiger partial charge in [-0.25, -0.2) is 8.42 Å². The summed E-state index contributed by atoms with van der Waals surface area (Å²) in [4.78, 5) is 18.8. The molecule has 2 fully saturated rings. The summed E-state index contributed by atoms with van der Waals surface area (Å²) in [6.07, 6.45) is 0.209. The molecule has 2 atom stereocenters. The Bertz CT molecular complexity index is 1050. The van der Waals surface area contributed by atoms with Gasteiger partial charge in [-0.3, -0.25) is 4.79 Å². The van der Waals surface area contributed by atoms with Crippen LogP contribution in [0.25, 0.3) is 0 Å². The van der Waals surface area contributed by atoms with Crippen LogP contribution in [0.5, 0.6) is 0 Å². The van der Waals surface area contributed by atoms with Crippen LogP contribution in [0.3, 0.4) is 0 Å². The van der Waals surface area contributed by atoms with E-state index in [1.807, 2.05) is 54.3 Å². The van der Waals surface area contributed by atoms with Crippen molar-refractivity contribution in [3.8, 4) is 0 Å². The molecule has 2 aromatic carbocycles. The average molecular weight is 435 g/mol. The molecule has 0 N–H and O–H groups in total. The number of sulfone groups is 1. The summed E-state index contributed by atoms with van der Waals surface area (Å²) in [5, 5.41) is 0.979. The summed E-state index contributed by atoms with van der Waals surface area (Å²) in [7, 11) is -3.11. The van der Waals surface area contributed by atoms with Crippen molar-refractivity contribution in [2.24, 2.45) is 4.99 Å². The molecule has 2 heterocycles. The van der Waals surface area contributed by atoms with Crippen molar-refractivity contribution < 1.29 is 13.2 Å². The molecule has 1 amide bonds. The summed E-state index contributed by atoms with van der Waals surface area (Å²) < 4.78 is 24.3. The lowest BCUT2D eigenvalue weighted by Crippen LogP contribution is -2.38. The van der Waals surface area contributed by atoms with Crippen LogP contribution in [0.4, 0.5) is 5.69 Å². The first-order valence-corrected chi connectivity index (χ1v) is 12.0. The van der Waals surface area contributed by atoms with Crippen LogP contribution in [0, 0.1) is 6.92 Å². The Kier molecular flexibility index (Phi) is 5.24. The average Bonchev–Trinajstić information content (AvgIpc) is 3.09. The second-order valence-corrected chi connectivity index (χ2v) is 10.8. The molecule has 4 rings (SSSR count). The number of hydrogen-bond acceptors (Lipinski definition) is 4. The Balaban J connectivity index is 1.69. The van der Waals surface area contributed by atoms with Crippen LogP contribution in [0.2, 0.25) is 5.02 Å². The first kappa shape index (κ1) is 19.5. The van der Waals surface area contributed by atoms with Crippen molar-refractivity contribution in [1.29, 1.82) is 0 Å². The molecule has 2 aliphatic rings. The van der Waals surface area contributed by atoms with Crippen molar-refractivity contribution in [1.82, 2.24) is 0 Å². The molecule has 0 aliphatic carbocycles. The van der Waals surface area contributed by atoms with E-state index in [0.29, 0.717) is 10.2 Å². The monoisotopic (exact) mass is 434 g/mol. The smallest absolute Gasteiger partial charge is 0.252 e. The lowest BCUT2D eigenvalue weighted by atomic mass is 10.1. The molecule has 28 heavy (non-hydrogen) atoms. The summed E-state index contributed by atoms with van der Waals surface area (Å²) in [5.74, 6) is -0.0893. The minimum Gasteiger partial charge on any atom is -0.315 e. The Labute approximate surface area is 173 Å². The maximum absolute atomic E-state index is 12.6. The van der Waals surface area contributed by atoms with E-state index in [4.69, 9.17) is 11.6 Å². The molecule has 0 spiro atoms. The van der Waals surface area contributed by atoms with Gasteiger partial charge in [-0.1, -0.05) is 59.8 Å². The standard InChI is InChI=1S/C20H19ClN2O3S2/c1-13-7-8-15(21)10-16(13)23-17-11-28(25,26)12-18(17)27-20(23)22-19(24)9-14-5-3-2-4-6-14/h2-8,10,17-18H,9,11-12H2,1H3/t17-,18+/m0/s1. The quantitative estimate of drug-likeness (QED) is 0.739. The second kappa shape index (κ2) is 7.54. The van der Waals surface area contributed by atoms with Gasteiger partial charge in [0.05, 0.1) is 24.0 Å². The van der Waals surface area contributed by atoms with Gasteiger partial charge in [0.15, 0.2) is 15.0 Å². The van der Waals surface area contributed by atoms with E-state index in [-0.39, 0.29) is 35.1 Å². The number of fused-ring (bicyclic) bond motifs is 1. The number of aryl methyl sites for hydroxylation is 1. The molecule has 0 unspecified atom stereocenters. The minimum absolute atomic E-state index is 0.0581. The fourth-order valence-corrected chi connectivity index (χ4v) is 7.70. The summed E-state index contributed by atoms with van der Waals surface area (Å²) in [6, 6.07) is 14.7. The highest BCUT2D eigenvalue weighted by Crippen LogP contribution is 2.42. The van der Waals surface area contributed by atoms with E-state index in [2.05, 4.69) is 4.99 Å². The zero-order chi connectivity index (χ0) is 19.9. The third-order valence-electron chi connectivity index (χ3n) is 4.92. The van der Waals surface area contributed by atoms with E-state index in [0.717, 1.165) is 16.8 Å². The van der Waals surface area contributed by atoms with E-state index in [1.165, 1.54) is 11.8 Å². The van der Waals surface area contributed by atoms with Crippen molar-refractivity contribution in [3.05, 3.63) is 64.7 Å². The van der Waals surface area contributed by atoms with E-state index in [9.17, 15) is 13.2 Å². The number of amides is 1. The molecule has 0 saturated carbocycles. The van der Waals surface area contributed by atoms with Gasteiger partial charge in [0.1, 0.15) is 0 Å². The molecule has 0 aromatic heterocycles. The first-order chi connectivity index (χ1) is 13.3. The predicted molar refractivity (Wildman–Crippen MR) is 115 cm³/mol. The number of carbonyl (C=O) groups is 1. The van der Waals surface area contributed by atoms with Gasteiger partial charge >= 0.3 is 0 Å². The Morgan fingerprint density at radius 3 is 2.71 bits per heavy atom. The summed E-state index contributed by atoms with van der Waals surface area (Å²) in [5.41, 5.74) is 2.65. The SMILES string of the molecule is Cc1ccc(Cl)cc1N1C(=NC(=O)Cc2ccccc2)S[C@@H]2CS(=O)(=O)C[C@@H]21. The first-order valence-electron chi connectivity index (χ1n) is 8.90. The normalized spacial score (nSPS) is 24.5. The number of hydrogen-bond donors (Lipinski definition) is 0. The molecule has 2 aromatic rings. The van der Waals surface area contributed by atoms with Crippen molar-refractivity contribution in [3.63, 3.8) is 0 Å². The second-order valence-electron chi connectivity index (χ2n) is 7.05. The van der Waals surface area contributed by atoms with Crippen LogP contribution >= 0.6 is 23.4 Å². The van der Waals surface area contributed by atoms with Crippen molar-refractivity contribution >= 4 is 50.0 Å². The molecular weight excluding hydrogens is 416 g/mol. The zero-order valence-corrected chi connectivity index (χ0v) is 17.6. The zero-order valence-electron chi connectivity index (χ0n) is 15.2. The topological polar surface area (TPSA) is 66.8 Å². The van der Waals surface area contributed by atoms with Crippen molar-refractivity contribution in [2.45, 2.75) is 24.6 Å². The number of thioether (sulfide) groups is 1. The third-order valence-corrected chi connectivity index (χ3v) is 8.36. The van der Waals surface area contributed by atoms with Crippen LogP contribution < -0.4 is 4.90 Å². The number of carbonyl (C=O) groups excluding carboxylic acids is 1. The largest absolute Gasteiger partial charge is 0.315 e. The number of rotatable bonds is 3. The lowest BCUT2D eigenvalue weighted by Gasteiger charge is -2.26. The maximum Gasteiger partial charge on any atom is 0.252 e. The fraction of sp³-hybridized carbons (Fsp3) is 0.300. The predicted octanol–water partition coefficient (Wildman–Crippen LogP) is 3.49. The Hall–Kier alpha value is -1.83. The summed E-state index contributed by atoms with van der Waals surface area (Å²) >= 11 is 7.57. The lowest BCUT2D eigenvalue weighted by molar-refractivity contribution is -0.117. The number of nitrogens with zero attached hydrogens (tertiary/aromatic N) is 2. The number of halogens is 1. The molecule has 146 valence electrons. The maximum atomic E-state index is 12.6. The highest BCUT2D eigenvalue weighted by Gasteiger charge is 2.49. The van der Waals surface area contributed by atoms with E-state index >= 15 is 0 Å². The third kappa shape index (κ3) is 3.97. The van der Waals surface area contributed by atoms with Crippen LogP contribution in [0.15, 0.2) is 53.5 Å². The minimum atomic E-state index is -3.11. The highest BCUT2D eigenvalue weighted by atomic mass is 35.5. The van der Waals surface area contributed by atoms with Gasteiger partial charge in [-0.05, 0) is 30.2 Å². The van der Waals surface area contributed by atoms with E-state index in [1.54, 1.807) is 6.07 Å². The number of benzene rings is 2. The van der Waals surface area contributed by atoms with Gasteiger partial charge in [0.2, 0.25) is 0 Å². The van der Waals surface area contributed by atoms with Gasteiger partial charge in [-0.2, -0.15) is 4.99 Å². The van der Waals surface area contributed by atoms with Gasteiger partial charge in [0, 0.05) is 16.0 Å². The molecule has 0 radical (unpaired) electrons. The van der Waals surface area contributed by atoms with Gasteiger partial charge in [0.25, 0.3) is 5.91 Å². The van der Waals surface area contributed by atoms with Crippen LogP contribution in [0.1, 0.15) is 11.1 Å². The van der Waals surface area contributed by atoms with Gasteiger partial charge in [-0.15, -0.1) is 0 Å². The Morgan fingerprint density at radius 2 is 1.96 bits per heavy atom. The van der Waals surface area contributed by atoms with Crippen LogP contribution in [-0.2, 0) is 21.1 Å². The van der Waals surface area contributed by atoms with Gasteiger partial charge < -0.3 is 4.90 Å². The molecule has 8 heteroatoms. The molecular formula is C20H19ClN2O3S2. The number of anilines is 1. The highest BCUT2D eigenvalue weighted by molar-refractivity contribution is 8.16. The van der Waals surface area contributed by atoms with E-state index < -0.39 is 9.84 Å². The molecule has 0 bridgehead atoms. The molecule has 5 nitrogen and oxygen atoms in total.